The molecule has 5 nitrogen and oxygen atoms in total. The molecule has 2 aromatic carbocycles. The third-order valence-corrected chi connectivity index (χ3v) is 5.90. The van der Waals surface area contributed by atoms with Crippen LogP contribution in [0.15, 0.2) is 48.5 Å². The molecule has 1 fully saturated rings. The highest BCUT2D eigenvalue weighted by Crippen LogP contribution is 2.24. The molecule has 0 unspecified atom stereocenters. The van der Waals surface area contributed by atoms with Gasteiger partial charge in [0.25, 0.3) is 5.91 Å². The molecule has 30 heavy (non-hydrogen) atoms. The molecule has 156 valence electrons. The van der Waals surface area contributed by atoms with E-state index in [1.54, 1.807) is 4.68 Å². The smallest absolute Gasteiger partial charge is 0.270 e. The number of carbonyl (C=O) groups is 1. The molecule has 5 heteroatoms. The number of nitrogens with zero attached hydrogens (tertiary/aromatic N) is 3. The Kier molecular flexibility index (Phi) is 6.00. The fourth-order valence-corrected chi connectivity index (χ4v) is 3.97. The van der Waals surface area contributed by atoms with Crippen LogP contribution in [-0.2, 0) is 0 Å². The van der Waals surface area contributed by atoms with Crippen molar-refractivity contribution in [2.75, 3.05) is 26.2 Å². The second-order valence-electron chi connectivity index (χ2n) is 8.27. The van der Waals surface area contributed by atoms with Gasteiger partial charge in [0.2, 0.25) is 0 Å². The molecule has 3 aromatic rings. The molecule has 1 aliphatic heterocycles. The molecule has 0 radical (unpaired) electrons. The Balaban J connectivity index is 1.63. The molecule has 1 saturated heterocycles. The van der Waals surface area contributed by atoms with Crippen LogP contribution in [0.1, 0.15) is 40.0 Å². The molecular weight excluding hydrogens is 372 g/mol. The van der Waals surface area contributed by atoms with Crippen LogP contribution in [-0.4, -0.2) is 46.8 Å². The predicted octanol–water partition coefficient (Wildman–Crippen LogP) is 4.29. The van der Waals surface area contributed by atoms with E-state index in [1.807, 2.05) is 31.2 Å². The first-order valence-corrected chi connectivity index (χ1v) is 10.8. The van der Waals surface area contributed by atoms with E-state index in [1.165, 1.54) is 24.0 Å². The molecule has 1 N–H and O–H groups in total. The summed E-state index contributed by atoms with van der Waals surface area (Å²) in [6.07, 6.45) is 2.51. The van der Waals surface area contributed by atoms with Gasteiger partial charge < -0.3 is 10.2 Å². The lowest BCUT2D eigenvalue weighted by Gasteiger charge is -2.15. The third-order valence-electron chi connectivity index (χ3n) is 5.90. The molecule has 0 bridgehead atoms. The number of aromatic nitrogens is 2. The highest BCUT2D eigenvalue weighted by molar-refractivity contribution is 5.94. The fraction of sp³-hybridized carbons (Fsp3) is 0.360. The van der Waals surface area contributed by atoms with E-state index in [-0.39, 0.29) is 5.91 Å². The summed E-state index contributed by atoms with van der Waals surface area (Å²) < 4.78 is 1.77. The SMILES string of the molecule is Cc1cccc(-n2nc(-c3ccc(C)c(C)c3)cc2C(=O)NCCN2CCCC2)c1. The van der Waals surface area contributed by atoms with Crippen LogP contribution in [0, 0.1) is 20.8 Å². The minimum absolute atomic E-state index is 0.0849. The quantitative estimate of drug-likeness (QED) is 0.669. The zero-order chi connectivity index (χ0) is 21.1. The first kappa shape index (κ1) is 20.4. The van der Waals surface area contributed by atoms with Crippen molar-refractivity contribution in [2.24, 2.45) is 0 Å². The van der Waals surface area contributed by atoms with Gasteiger partial charge in [-0.25, -0.2) is 4.68 Å². The molecule has 0 atom stereocenters. The number of hydrogen-bond acceptors (Lipinski definition) is 3. The fourth-order valence-electron chi connectivity index (χ4n) is 3.97. The van der Waals surface area contributed by atoms with Gasteiger partial charge in [-0.15, -0.1) is 0 Å². The zero-order valence-electron chi connectivity index (χ0n) is 18.1. The Labute approximate surface area is 178 Å². The number of rotatable bonds is 6. The van der Waals surface area contributed by atoms with Crippen LogP contribution in [0.25, 0.3) is 16.9 Å². The summed E-state index contributed by atoms with van der Waals surface area (Å²) in [6, 6.07) is 16.3. The number of nitrogens with one attached hydrogen (secondary N) is 1. The molecule has 1 aliphatic rings. The Morgan fingerprint density at radius 3 is 2.53 bits per heavy atom. The van der Waals surface area contributed by atoms with Gasteiger partial charge in [-0.1, -0.05) is 24.3 Å². The van der Waals surface area contributed by atoms with Crippen LogP contribution in [0.2, 0.25) is 0 Å². The van der Waals surface area contributed by atoms with Crippen molar-refractivity contribution < 1.29 is 4.79 Å². The maximum Gasteiger partial charge on any atom is 0.270 e. The average Bonchev–Trinajstić information content (AvgIpc) is 3.40. The lowest BCUT2D eigenvalue weighted by molar-refractivity contribution is 0.0942. The molecule has 0 spiro atoms. The zero-order valence-corrected chi connectivity index (χ0v) is 18.1. The Hall–Kier alpha value is -2.92. The second-order valence-corrected chi connectivity index (χ2v) is 8.27. The van der Waals surface area contributed by atoms with Gasteiger partial charge in [0.05, 0.1) is 11.4 Å². The van der Waals surface area contributed by atoms with Crippen molar-refractivity contribution in [3.63, 3.8) is 0 Å². The van der Waals surface area contributed by atoms with Crippen LogP contribution in [0.4, 0.5) is 0 Å². The molecule has 1 aromatic heterocycles. The number of carbonyl (C=O) groups excluding carboxylic acids is 1. The minimum atomic E-state index is -0.0849. The van der Waals surface area contributed by atoms with Crippen molar-refractivity contribution in [3.8, 4) is 16.9 Å². The molecule has 1 amide bonds. The van der Waals surface area contributed by atoms with Gasteiger partial charge >= 0.3 is 0 Å². The number of likely N-dealkylation sites (tertiary alicyclic amines) is 1. The van der Waals surface area contributed by atoms with Gasteiger partial charge in [-0.2, -0.15) is 5.10 Å². The lowest BCUT2D eigenvalue weighted by atomic mass is 10.0. The van der Waals surface area contributed by atoms with Crippen molar-refractivity contribution in [2.45, 2.75) is 33.6 Å². The highest BCUT2D eigenvalue weighted by atomic mass is 16.2. The molecule has 4 rings (SSSR count). The molecule has 0 aliphatic carbocycles. The number of amides is 1. The van der Waals surface area contributed by atoms with Crippen molar-refractivity contribution >= 4 is 5.91 Å². The predicted molar refractivity (Wildman–Crippen MR) is 121 cm³/mol. The molecular formula is C25H30N4O. The topological polar surface area (TPSA) is 50.2 Å². The van der Waals surface area contributed by atoms with E-state index < -0.39 is 0 Å². The van der Waals surface area contributed by atoms with E-state index in [4.69, 9.17) is 5.10 Å². The maximum atomic E-state index is 13.1. The van der Waals surface area contributed by atoms with Gasteiger partial charge in [-0.05, 0) is 87.7 Å². The summed E-state index contributed by atoms with van der Waals surface area (Å²) in [4.78, 5) is 15.5. The summed E-state index contributed by atoms with van der Waals surface area (Å²) in [5.41, 5.74) is 6.90. The van der Waals surface area contributed by atoms with Crippen LogP contribution >= 0.6 is 0 Å². The van der Waals surface area contributed by atoms with Gasteiger partial charge in [-0.3, -0.25) is 4.79 Å². The van der Waals surface area contributed by atoms with Crippen LogP contribution in [0.5, 0.6) is 0 Å². The highest BCUT2D eigenvalue weighted by Gasteiger charge is 2.19. The third kappa shape index (κ3) is 4.46. The largest absolute Gasteiger partial charge is 0.349 e. The minimum Gasteiger partial charge on any atom is -0.349 e. The standard InChI is InChI=1S/C25H30N4O/c1-18-7-6-8-22(15-18)29-24(25(30)26-11-14-28-12-4-5-13-28)17-23(27-29)21-10-9-19(2)20(3)16-21/h6-10,15-17H,4-5,11-14H2,1-3H3,(H,26,30). The average molecular weight is 403 g/mol. The van der Waals surface area contributed by atoms with Gasteiger partial charge in [0.15, 0.2) is 0 Å². The van der Waals surface area contributed by atoms with Crippen molar-refractivity contribution in [1.82, 2.24) is 20.0 Å². The van der Waals surface area contributed by atoms with E-state index in [2.05, 4.69) is 48.3 Å². The van der Waals surface area contributed by atoms with Gasteiger partial charge in [0, 0.05) is 18.7 Å². The first-order valence-electron chi connectivity index (χ1n) is 10.8. The number of aryl methyl sites for hydroxylation is 3. The lowest BCUT2D eigenvalue weighted by Crippen LogP contribution is -2.34. The van der Waals surface area contributed by atoms with Crippen molar-refractivity contribution in [1.29, 1.82) is 0 Å². The number of hydrogen-bond donors (Lipinski definition) is 1. The molecule has 0 saturated carbocycles. The summed E-state index contributed by atoms with van der Waals surface area (Å²) in [7, 11) is 0. The van der Waals surface area contributed by atoms with E-state index in [9.17, 15) is 4.79 Å². The van der Waals surface area contributed by atoms with E-state index in [0.29, 0.717) is 12.2 Å². The monoisotopic (exact) mass is 402 g/mol. The van der Waals surface area contributed by atoms with Gasteiger partial charge in [0.1, 0.15) is 5.69 Å². The first-order chi connectivity index (χ1) is 14.5. The maximum absolute atomic E-state index is 13.1. The summed E-state index contributed by atoms with van der Waals surface area (Å²) >= 11 is 0. The Morgan fingerprint density at radius 2 is 1.80 bits per heavy atom. The Bertz CT molecular complexity index is 1050. The molecule has 2 heterocycles. The summed E-state index contributed by atoms with van der Waals surface area (Å²) in [5, 5.41) is 7.91. The van der Waals surface area contributed by atoms with Crippen LogP contribution in [0.3, 0.4) is 0 Å². The summed E-state index contributed by atoms with van der Waals surface area (Å²) in [6.45, 7) is 10.1. The van der Waals surface area contributed by atoms with E-state index in [0.717, 1.165) is 42.1 Å². The second kappa shape index (κ2) is 8.84. The normalized spacial score (nSPS) is 14.2. The number of benzene rings is 2. The summed E-state index contributed by atoms with van der Waals surface area (Å²) in [5.74, 6) is -0.0849. The van der Waals surface area contributed by atoms with Crippen LogP contribution < -0.4 is 5.32 Å². The van der Waals surface area contributed by atoms with E-state index >= 15 is 0 Å². The van der Waals surface area contributed by atoms with Crippen molar-refractivity contribution in [3.05, 3.63) is 70.9 Å². The Morgan fingerprint density at radius 1 is 1.00 bits per heavy atom.